The van der Waals surface area contributed by atoms with E-state index in [2.05, 4.69) is 0 Å². The van der Waals surface area contributed by atoms with Crippen LogP contribution in [0.25, 0.3) is 0 Å². The summed E-state index contributed by atoms with van der Waals surface area (Å²) in [5, 5.41) is 0. The molecular formula is C12H14O5. The van der Waals surface area contributed by atoms with Crippen molar-refractivity contribution in [1.82, 2.24) is 0 Å². The van der Waals surface area contributed by atoms with Crippen molar-refractivity contribution in [3.05, 3.63) is 23.8 Å². The molecule has 0 atom stereocenters. The third-order valence-corrected chi connectivity index (χ3v) is 1.99. The average Bonchev–Trinajstić information content (AvgIpc) is 2.36. The minimum Gasteiger partial charge on any atom is -0.496 e. The molecule has 5 nitrogen and oxygen atoms in total. The highest BCUT2D eigenvalue weighted by atomic mass is 16.6. The molecule has 0 spiro atoms. The van der Waals surface area contributed by atoms with Crippen LogP contribution >= 0.6 is 0 Å². The van der Waals surface area contributed by atoms with Crippen LogP contribution < -0.4 is 9.47 Å². The minimum absolute atomic E-state index is 0.182. The quantitative estimate of drug-likeness (QED) is 0.554. The zero-order valence-electron chi connectivity index (χ0n) is 9.76. The van der Waals surface area contributed by atoms with E-state index >= 15 is 0 Å². The Kier molecular flexibility index (Phi) is 5.00. The first-order valence-corrected chi connectivity index (χ1v) is 5.13. The Morgan fingerprint density at radius 1 is 1.41 bits per heavy atom. The number of hydrogen-bond donors (Lipinski definition) is 0. The summed E-state index contributed by atoms with van der Waals surface area (Å²) in [6.45, 7) is 1.85. The van der Waals surface area contributed by atoms with Gasteiger partial charge in [0, 0.05) is 0 Å². The van der Waals surface area contributed by atoms with Crippen molar-refractivity contribution in [3.63, 3.8) is 0 Å². The summed E-state index contributed by atoms with van der Waals surface area (Å²) in [5.74, 6) is 0.431. The van der Waals surface area contributed by atoms with Gasteiger partial charge in [0.05, 0.1) is 19.3 Å². The number of hydrogen-bond acceptors (Lipinski definition) is 5. The lowest BCUT2D eigenvalue weighted by atomic mass is 10.2. The maximum atomic E-state index is 11.1. The van der Waals surface area contributed by atoms with Crippen molar-refractivity contribution in [2.45, 2.75) is 6.92 Å². The van der Waals surface area contributed by atoms with Crippen molar-refractivity contribution in [2.24, 2.45) is 0 Å². The van der Waals surface area contributed by atoms with Gasteiger partial charge in [-0.05, 0) is 25.1 Å². The first-order chi connectivity index (χ1) is 8.21. The summed E-state index contributed by atoms with van der Waals surface area (Å²) < 4.78 is 14.9. The van der Waals surface area contributed by atoms with E-state index in [0.29, 0.717) is 30.0 Å². The maximum Gasteiger partial charge on any atom is 0.344 e. The first kappa shape index (κ1) is 13.0. The van der Waals surface area contributed by atoms with Gasteiger partial charge in [-0.25, -0.2) is 4.79 Å². The molecule has 0 aliphatic heterocycles. The SMILES string of the molecule is CCOC(=O)COc1ccc(OC)c(C=O)c1. The fraction of sp³-hybridized carbons (Fsp3) is 0.333. The van der Waals surface area contributed by atoms with Gasteiger partial charge >= 0.3 is 5.97 Å². The van der Waals surface area contributed by atoms with Crippen LogP contribution in [0.4, 0.5) is 0 Å². The Balaban J connectivity index is 2.66. The molecule has 1 rings (SSSR count). The van der Waals surface area contributed by atoms with Gasteiger partial charge in [-0.2, -0.15) is 0 Å². The summed E-state index contributed by atoms with van der Waals surface area (Å²) >= 11 is 0. The van der Waals surface area contributed by atoms with E-state index in [0.717, 1.165) is 0 Å². The third-order valence-electron chi connectivity index (χ3n) is 1.99. The molecule has 0 saturated carbocycles. The number of carbonyl (C=O) groups excluding carboxylic acids is 2. The predicted molar refractivity (Wildman–Crippen MR) is 60.5 cm³/mol. The Hall–Kier alpha value is -2.04. The molecule has 0 radical (unpaired) electrons. The summed E-state index contributed by atoms with van der Waals surface area (Å²) in [5.41, 5.74) is 0.369. The van der Waals surface area contributed by atoms with E-state index < -0.39 is 5.97 Å². The van der Waals surface area contributed by atoms with Gasteiger partial charge in [0.15, 0.2) is 12.9 Å². The molecule has 0 aromatic heterocycles. The summed E-state index contributed by atoms with van der Waals surface area (Å²) in [4.78, 5) is 21.8. The minimum atomic E-state index is -0.448. The molecule has 0 bridgehead atoms. The molecule has 0 aliphatic rings. The van der Waals surface area contributed by atoms with Crippen LogP contribution in [0.1, 0.15) is 17.3 Å². The molecule has 0 amide bonds. The number of rotatable bonds is 6. The van der Waals surface area contributed by atoms with Crippen LogP contribution in [-0.2, 0) is 9.53 Å². The lowest BCUT2D eigenvalue weighted by molar-refractivity contribution is -0.145. The highest BCUT2D eigenvalue weighted by molar-refractivity contribution is 5.80. The molecule has 0 N–H and O–H groups in total. The highest BCUT2D eigenvalue weighted by Crippen LogP contribution is 2.22. The van der Waals surface area contributed by atoms with Crippen molar-refractivity contribution >= 4 is 12.3 Å². The van der Waals surface area contributed by atoms with Gasteiger partial charge in [0.2, 0.25) is 0 Å². The lowest BCUT2D eigenvalue weighted by Crippen LogP contribution is -2.14. The molecule has 1 aromatic carbocycles. The molecule has 5 heteroatoms. The highest BCUT2D eigenvalue weighted by Gasteiger charge is 2.06. The lowest BCUT2D eigenvalue weighted by Gasteiger charge is -2.08. The van der Waals surface area contributed by atoms with Crippen molar-refractivity contribution in [2.75, 3.05) is 20.3 Å². The van der Waals surface area contributed by atoms with Gasteiger partial charge in [-0.1, -0.05) is 0 Å². The standard InChI is InChI=1S/C12H14O5/c1-3-16-12(14)8-17-10-4-5-11(15-2)9(6-10)7-13/h4-7H,3,8H2,1-2H3. The van der Waals surface area contributed by atoms with Crippen LogP contribution in [0.2, 0.25) is 0 Å². The summed E-state index contributed by atoms with van der Waals surface area (Å²) in [6, 6.07) is 4.72. The third kappa shape index (κ3) is 3.79. The van der Waals surface area contributed by atoms with Crippen LogP contribution in [0.3, 0.4) is 0 Å². The summed E-state index contributed by atoms with van der Waals surface area (Å²) in [6.07, 6.45) is 0.663. The van der Waals surface area contributed by atoms with E-state index in [9.17, 15) is 9.59 Å². The van der Waals surface area contributed by atoms with Gasteiger partial charge < -0.3 is 14.2 Å². The van der Waals surface area contributed by atoms with E-state index in [1.165, 1.54) is 13.2 Å². The Morgan fingerprint density at radius 3 is 2.76 bits per heavy atom. The number of methoxy groups -OCH3 is 1. The molecular weight excluding hydrogens is 224 g/mol. The van der Waals surface area contributed by atoms with E-state index in [1.807, 2.05) is 0 Å². The number of ether oxygens (including phenoxy) is 3. The Bertz CT molecular complexity index is 400. The second-order valence-electron chi connectivity index (χ2n) is 3.12. The molecule has 0 saturated heterocycles. The fourth-order valence-corrected chi connectivity index (χ4v) is 1.24. The molecule has 17 heavy (non-hydrogen) atoms. The molecule has 92 valence electrons. The van der Waals surface area contributed by atoms with E-state index in [4.69, 9.17) is 14.2 Å². The van der Waals surface area contributed by atoms with Crippen LogP contribution in [0.5, 0.6) is 11.5 Å². The largest absolute Gasteiger partial charge is 0.496 e. The smallest absolute Gasteiger partial charge is 0.344 e. The number of carbonyl (C=O) groups is 2. The zero-order valence-corrected chi connectivity index (χ0v) is 9.76. The normalized spacial score (nSPS) is 9.53. The molecule has 0 heterocycles. The predicted octanol–water partition coefficient (Wildman–Crippen LogP) is 1.45. The van der Waals surface area contributed by atoms with Gasteiger partial charge in [-0.3, -0.25) is 4.79 Å². The van der Waals surface area contributed by atoms with Gasteiger partial charge in [0.1, 0.15) is 11.5 Å². The average molecular weight is 238 g/mol. The topological polar surface area (TPSA) is 61.8 Å². The first-order valence-electron chi connectivity index (χ1n) is 5.13. The molecule has 0 aliphatic carbocycles. The second kappa shape index (κ2) is 6.52. The van der Waals surface area contributed by atoms with Gasteiger partial charge in [0.25, 0.3) is 0 Å². The van der Waals surface area contributed by atoms with Crippen molar-refractivity contribution < 1.29 is 23.8 Å². The van der Waals surface area contributed by atoms with Crippen LogP contribution in [-0.4, -0.2) is 32.6 Å². The molecule has 0 fully saturated rings. The second-order valence-corrected chi connectivity index (χ2v) is 3.12. The van der Waals surface area contributed by atoms with E-state index in [1.54, 1.807) is 19.1 Å². The maximum absolute atomic E-state index is 11.1. The zero-order chi connectivity index (χ0) is 12.7. The van der Waals surface area contributed by atoms with Gasteiger partial charge in [-0.15, -0.1) is 0 Å². The van der Waals surface area contributed by atoms with Crippen molar-refractivity contribution in [3.8, 4) is 11.5 Å². The number of aldehydes is 1. The van der Waals surface area contributed by atoms with Crippen molar-refractivity contribution in [1.29, 1.82) is 0 Å². The Labute approximate surface area is 99.3 Å². The van der Waals surface area contributed by atoms with Crippen LogP contribution in [0, 0.1) is 0 Å². The number of benzene rings is 1. The molecule has 0 unspecified atom stereocenters. The Morgan fingerprint density at radius 2 is 2.18 bits per heavy atom. The monoisotopic (exact) mass is 238 g/mol. The molecule has 1 aromatic rings. The number of esters is 1. The fourth-order valence-electron chi connectivity index (χ4n) is 1.24. The summed E-state index contributed by atoms with van der Waals surface area (Å²) in [7, 11) is 1.47. The van der Waals surface area contributed by atoms with E-state index in [-0.39, 0.29) is 6.61 Å². The van der Waals surface area contributed by atoms with Crippen LogP contribution in [0.15, 0.2) is 18.2 Å².